The van der Waals surface area contributed by atoms with Crippen LogP contribution in [-0.2, 0) is 0 Å². The fourth-order valence-electron chi connectivity index (χ4n) is 0.685. The summed E-state index contributed by atoms with van der Waals surface area (Å²) in [7, 11) is 4.23. The maximum absolute atomic E-state index is 2.46. The first-order chi connectivity index (χ1) is 4.74. The SMILES string of the molecule is C[N+](C)=C1SCC(CI)S1. The quantitative estimate of drug-likeness (QED) is 0.412. The van der Waals surface area contributed by atoms with Crippen LogP contribution < -0.4 is 0 Å². The van der Waals surface area contributed by atoms with Crippen LogP contribution in [0.1, 0.15) is 0 Å². The van der Waals surface area contributed by atoms with Crippen LogP contribution in [0.5, 0.6) is 0 Å². The Hall–Kier alpha value is 1.10. The van der Waals surface area contributed by atoms with Crippen molar-refractivity contribution in [2.75, 3.05) is 24.3 Å². The minimum atomic E-state index is 0.850. The maximum atomic E-state index is 2.46. The zero-order valence-corrected chi connectivity index (χ0v) is 9.92. The number of thioether (sulfide) groups is 2. The normalized spacial score (nSPS) is 25.5. The Morgan fingerprint density at radius 1 is 1.70 bits per heavy atom. The Morgan fingerprint density at radius 3 is 2.70 bits per heavy atom. The molecular weight excluding hydrogens is 277 g/mol. The Morgan fingerprint density at radius 2 is 2.40 bits per heavy atom. The average Bonchev–Trinajstić information content (AvgIpc) is 2.34. The average molecular weight is 288 g/mol. The second-order valence-electron chi connectivity index (χ2n) is 2.37. The van der Waals surface area contributed by atoms with Gasteiger partial charge in [0.2, 0.25) is 0 Å². The van der Waals surface area contributed by atoms with Crippen LogP contribution in [0.25, 0.3) is 0 Å². The van der Waals surface area contributed by atoms with Crippen molar-refractivity contribution in [2.45, 2.75) is 5.25 Å². The summed E-state index contributed by atoms with van der Waals surface area (Å²) in [5, 5.41) is 0.850. The van der Waals surface area contributed by atoms with Crippen molar-refractivity contribution in [1.29, 1.82) is 0 Å². The predicted octanol–water partition coefficient (Wildman–Crippen LogP) is 1.90. The molecule has 0 aromatic rings. The molecule has 1 aliphatic rings. The molecule has 1 fully saturated rings. The lowest BCUT2D eigenvalue weighted by atomic mass is 10.6. The van der Waals surface area contributed by atoms with E-state index in [9.17, 15) is 0 Å². The number of nitrogens with zero attached hydrogens (tertiary/aromatic N) is 1. The van der Waals surface area contributed by atoms with Gasteiger partial charge in [0.15, 0.2) is 0 Å². The number of rotatable bonds is 1. The molecule has 0 spiro atoms. The standard InChI is InChI=1S/C6H11INS2/c1-8(2)6-9-4-5(3-7)10-6/h5H,3-4H2,1-2H3/q+1. The molecule has 1 unspecified atom stereocenters. The van der Waals surface area contributed by atoms with Crippen LogP contribution in [0.2, 0.25) is 0 Å². The van der Waals surface area contributed by atoms with Crippen molar-refractivity contribution >= 4 is 50.5 Å². The van der Waals surface area contributed by atoms with Crippen LogP contribution in [0.15, 0.2) is 0 Å². The molecule has 0 aromatic carbocycles. The molecule has 1 heterocycles. The molecule has 1 rings (SSSR count). The molecular formula is C6H11INS2+. The van der Waals surface area contributed by atoms with Gasteiger partial charge in [0.1, 0.15) is 14.1 Å². The summed E-state index contributed by atoms with van der Waals surface area (Å²) in [5.74, 6) is 1.29. The minimum absolute atomic E-state index is 0.850. The van der Waals surface area contributed by atoms with Gasteiger partial charge in [-0.2, -0.15) is 0 Å². The van der Waals surface area contributed by atoms with E-state index >= 15 is 0 Å². The van der Waals surface area contributed by atoms with E-state index in [1.165, 1.54) is 14.6 Å². The highest BCUT2D eigenvalue weighted by Crippen LogP contribution is 2.33. The summed E-state index contributed by atoms with van der Waals surface area (Å²) in [6.45, 7) is 0. The highest BCUT2D eigenvalue weighted by molar-refractivity contribution is 14.1. The fourth-order valence-corrected chi connectivity index (χ4v) is 4.58. The van der Waals surface area contributed by atoms with Gasteiger partial charge in [-0.05, 0) is 23.5 Å². The smallest absolute Gasteiger partial charge is 0.224 e. The highest BCUT2D eigenvalue weighted by atomic mass is 127. The zero-order chi connectivity index (χ0) is 7.56. The molecule has 0 amide bonds. The van der Waals surface area contributed by atoms with Gasteiger partial charge in [-0.25, -0.2) is 4.58 Å². The Balaban J connectivity index is 2.51. The summed E-state index contributed by atoms with van der Waals surface area (Å²) in [6.07, 6.45) is 0. The van der Waals surface area contributed by atoms with Crippen molar-refractivity contribution in [3.05, 3.63) is 0 Å². The van der Waals surface area contributed by atoms with E-state index < -0.39 is 0 Å². The second kappa shape index (κ2) is 4.21. The van der Waals surface area contributed by atoms with Crippen molar-refractivity contribution in [3.63, 3.8) is 0 Å². The van der Waals surface area contributed by atoms with Gasteiger partial charge in [0.25, 0.3) is 4.38 Å². The first-order valence-corrected chi connectivity index (χ1v) is 6.53. The summed E-state index contributed by atoms with van der Waals surface area (Å²) in [4.78, 5) is 0. The highest BCUT2D eigenvalue weighted by Gasteiger charge is 2.26. The molecule has 10 heavy (non-hydrogen) atoms. The molecule has 0 N–H and O–H groups in total. The Labute approximate surface area is 84.2 Å². The van der Waals surface area contributed by atoms with Gasteiger partial charge in [-0.1, -0.05) is 22.6 Å². The third-order valence-electron chi connectivity index (χ3n) is 1.20. The van der Waals surface area contributed by atoms with E-state index in [1.54, 1.807) is 0 Å². The first kappa shape index (κ1) is 9.19. The second-order valence-corrected chi connectivity index (χ2v) is 5.80. The van der Waals surface area contributed by atoms with Crippen LogP contribution in [0.3, 0.4) is 0 Å². The van der Waals surface area contributed by atoms with E-state index in [0.717, 1.165) is 5.25 Å². The molecule has 0 saturated carbocycles. The van der Waals surface area contributed by atoms with Crippen LogP contribution in [0, 0.1) is 0 Å². The van der Waals surface area contributed by atoms with Crippen LogP contribution >= 0.6 is 46.1 Å². The lowest BCUT2D eigenvalue weighted by molar-refractivity contribution is -0.458. The van der Waals surface area contributed by atoms with Gasteiger partial charge in [-0.3, -0.25) is 0 Å². The van der Waals surface area contributed by atoms with Gasteiger partial charge in [0.05, 0.1) is 0 Å². The molecule has 1 atom stereocenters. The molecule has 1 aliphatic heterocycles. The molecule has 1 nitrogen and oxygen atoms in total. The van der Waals surface area contributed by atoms with E-state index in [1.807, 2.05) is 23.5 Å². The monoisotopic (exact) mass is 288 g/mol. The number of hydrogen-bond donors (Lipinski definition) is 0. The summed E-state index contributed by atoms with van der Waals surface area (Å²) in [6, 6.07) is 0. The van der Waals surface area contributed by atoms with Crippen LogP contribution in [0.4, 0.5) is 0 Å². The van der Waals surface area contributed by atoms with E-state index in [-0.39, 0.29) is 0 Å². The molecule has 0 bridgehead atoms. The Kier molecular flexibility index (Phi) is 3.87. The minimum Gasteiger partial charge on any atom is -0.224 e. The van der Waals surface area contributed by atoms with E-state index in [4.69, 9.17) is 0 Å². The third kappa shape index (κ3) is 2.30. The molecule has 0 aliphatic carbocycles. The molecule has 58 valence electrons. The lowest BCUT2D eigenvalue weighted by Crippen LogP contribution is -2.04. The Bertz CT molecular complexity index is 154. The number of alkyl halides is 1. The van der Waals surface area contributed by atoms with E-state index in [2.05, 4.69) is 41.3 Å². The molecule has 1 saturated heterocycles. The van der Waals surface area contributed by atoms with Crippen molar-refractivity contribution in [3.8, 4) is 0 Å². The summed E-state index contributed by atoms with van der Waals surface area (Å²) < 4.78 is 4.95. The largest absolute Gasteiger partial charge is 0.269 e. The van der Waals surface area contributed by atoms with E-state index in [0.29, 0.717) is 0 Å². The summed E-state index contributed by atoms with van der Waals surface area (Å²) in [5.41, 5.74) is 0. The number of hydrogen-bond acceptors (Lipinski definition) is 2. The molecule has 0 aromatic heterocycles. The third-order valence-corrected chi connectivity index (χ3v) is 6.13. The first-order valence-electron chi connectivity index (χ1n) is 3.13. The summed E-state index contributed by atoms with van der Waals surface area (Å²) >= 11 is 6.46. The topological polar surface area (TPSA) is 3.01 Å². The van der Waals surface area contributed by atoms with Crippen molar-refractivity contribution in [2.24, 2.45) is 0 Å². The lowest BCUT2D eigenvalue weighted by Gasteiger charge is -1.95. The zero-order valence-electron chi connectivity index (χ0n) is 6.13. The predicted molar refractivity (Wildman–Crippen MR) is 59.8 cm³/mol. The number of halogens is 1. The molecule has 4 heteroatoms. The molecule has 0 radical (unpaired) electrons. The van der Waals surface area contributed by atoms with Gasteiger partial charge in [0, 0.05) is 15.4 Å². The maximum Gasteiger partial charge on any atom is 0.269 e. The van der Waals surface area contributed by atoms with Gasteiger partial charge in [-0.15, -0.1) is 0 Å². The van der Waals surface area contributed by atoms with Crippen molar-refractivity contribution in [1.82, 2.24) is 0 Å². The fraction of sp³-hybridized carbons (Fsp3) is 0.833. The van der Waals surface area contributed by atoms with Crippen molar-refractivity contribution < 1.29 is 4.58 Å². The van der Waals surface area contributed by atoms with Gasteiger partial charge < -0.3 is 0 Å². The van der Waals surface area contributed by atoms with Crippen LogP contribution in [-0.4, -0.2) is 38.5 Å². The van der Waals surface area contributed by atoms with Gasteiger partial charge >= 0.3 is 0 Å².